The van der Waals surface area contributed by atoms with Crippen LogP contribution in [0.25, 0.3) is 10.8 Å². The average molecular weight is 450 g/mol. The topological polar surface area (TPSA) is 43.4 Å². The molecule has 0 atom stereocenters. The van der Waals surface area contributed by atoms with E-state index in [-0.39, 0.29) is 0 Å². The van der Waals surface area contributed by atoms with Crippen LogP contribution in [0, 0.1) is 7.14 Å². The van der Waals surface area contributed by atoms with Gasteiger partial charge < -0.3 is 4.74 Å². The summed E-state index contributed by atoms with van der Waals surface area (Å²) in [6.07, 6.45) is 0. The van der Waals surface area contributed by atoms with E-state index in [0.717, 1.165) is 12.5 Å². The highest BCUT2D eigenvalue weighted by molar-refractivity contribution is 14.1. The zero-order valence-electron chi connectivity index (χ0n) is 8.29. The SMILES string of the molecule is O=C1OC(=O)c2c(I)cc(I)c3cccc1c23. The van der Waals surface area contributed by atoms with Gasteiger partial charge in [0.05, 0.1) is 11.1 Å². The molecule has 0 aromatic heterocycles. The van der Waals surface area contributed by atoms with Gasteiger partial charge in [-0.1, -0.05) is 12.1 Å². The lowest BCUT2D eigenvalue weighted by molar-refractivity contribution is 0.0390. The zero-order chi connectivity index (χ0) is 12.2. The Morgan fingerprint density at radius 3 is 2.53 bits per heavy atom. The van der Waals surface area contributed by atoms with E-state index in [9.17, 15) is 9.59 Å². The van der Waals surface area contributed by atoms with Crippen LogP contribution in [0.5, 0.6) is 0 Å². The molecule has 0 N–H and O–H groups in total. The number of cyclic esters (lactones) is 2. The Labute approximate surface area is 124 Å². The summed E-state index contributed by atoms with van der Waals surface area (Å²) in [5, 5.41) is 1.63. The molecule has 3 rings (SSSR count). The van der Waals surface area contributed by atoms with E-state index in [2.05, 4.69) is 45.2 Å². The molecule has 1 heterocycles. The summed E-state index contributed by atoms with van der Waals surface area (Å²) in [6, 6.07) is 7.31. The molecule has 0 saturated heterocycles. The fraction of sp³-hybridized carbons (Fsp3) is 0. The van der Waals surface area contributed by atoms with E-state index < -0.39 is 11.9 Å². The number of hydrogen-bond donors (Lipinski definition) is 0. The number of carbonyl (C=O) groups excluding carboxylic acids is 2. The van der Waals surface area contributed by atoms with Gasteiger partial charge >= 0.3 is 11.9 Å². The van der Waals surface area contributed by atoms with Gasteiger partial charge in [0.1, 0.15) is 0 Å². The van der Waals surface area contributed by atoms with Gasteiger partial charge in [0, 0.05) is 12.5 Å². The van der Waals surface area contributed by atoms with Gasteiger partial charge in [-0.2, -0.15) is 0 Å². The fourth-order valence-corrected chi connectivity index (χ4v) is 4.12. The van der Waals surface area contributed by atoms with Crippen LogP contribution in [0.3, 0.4) is 0 Å². The molecule has 84 valence electrons. The first-order valence-electron chi connectivity index (χ1n) is 4.77. The number of benzene rings is 2. The minimum Gasteiger partial charge on any atom is -0.386 e. The molecule has 2 aromatic rings. The van der Waals surface area contributed by atoms with E-state index in [4.69, 9.17) is 4.74 Å². The lowest BCUT2D eigenvalue weighted by Gasteiger charge is -2.17. The first-order valence-corrected chi connectivity index (χ1v) is 6.92. The molecule has 3 nitrogen and oxygen atoms in total. The van der Waals surface area contributed by atoms with Crippen LogP contribution in [0.2, 0.25) is 0 Å². The Bertz CT molecular complexity index is 692. The summed E-state index contributed by atoms with van der Waals surface area (Å²) >= 11 is 4.29. The van der Waals surface area contributed by atoms with Crippen molar-refractivity contribution in [3.63, 3.8) is 0 Å². The van der Waals surface area contributed by atoms with Crippen molar-refractivity contribution in [2.24, 2.45) is 0 Å². The lowest BCUT2D eigenvalue weighted by Crippen LogP contribution is -2.21. The molecule has 0 radical (unpaired) electrons. The Morgan fingerprint density at radius 2 is 1.76 bits per heavy atom. The van der Waals surface area contributed by atoms with Crippen LogP contribution in [0.4, 0.5) is 0 Å². The van der Waals surface area contributed by atoms with Crippen molar-refractivity contribution in [3.8, 4) is 0 Å². The molecular formula is C12H4I2O3. The van der Waals surface area contributed by atoms with E-state index in [1.54, 1.807) is 12.1 Å². The van der Waals surface area contributed by atoms with E-state index >= 15 is 0 Å². The van der Waals surface area contributed by atoms with Gasteiger partial charge in [0.15, 0.2) is 0 Å². The van der Waals surface area contributed by atoms with Crippen molar-refractivity contribution < 1.29 is 14.3 Å². The van der Waals surface area contributed by atoms with E-state index in [1.807, 2.05) is 12.1 Å². The first kappa shape index (κ1) is 11.4. The fourth-order valence-electron chi connectivity index (χ4n) is 1.96. The molecule has 0 unspecified atom stereocenters. The third-order valence-electron chi connectivity index (χ3n) is 2.67. The normalized spacial score (nSPS) is 14.0. The number of rotatable bonds is 0. The van der Waals surface area contributed by atoms with Gasteiger partial charge in [-0.25, -0.2) is 9.59 Å². The van der Waals surface area contributed by atoms with Gasteiger partial charge in [0.2, 0.25) is 0 Å². The predicted molar refractivity (Wildman–Crippen MR) is 79.1 cm³/mol. The molecule has 0 bridgehead atoms. The number of halogens is 2. The minimum atomic E-state index is -0.564. The van der Waals surface area contributed by atoms with Gasteiger partial charge in [-0.15, -0.1) is 0 Å². The third kappa shape index (κ3) is 1.59. The summed E-state index contributed by atoms with van der Waals surface area (Å²) < 4.78 is 6.57. The van der Waals surface area contributed by atoms with Crippen molar-refractivity contribution in [2.75, 3.05) is 0 Å². The average Bonchev–Trinajstić information content (AvgIpc) is 2.27. The molecule has 1 aliphatic rings. The number of esters is 2. The second kappa shape index (κ2) is 3.91. The Hall–Kier alpha value is -0.700. The minimum absolute atomic E-state index is 0.466. The van der Waals surface area contributed by atoms with Crippen molar-refractivity contribution in [2.45, 2.75) is 0 Å². The molecular weight excluding hydrogens is 446 g/mol. The Balaban J connectivity index is 2.61. The van der Waals surface area contributed by atoms with E-state index in [0.29, 0.717) is 16.5 Å². The standard InChI is InChI=1S/C12H4I2O3/c13-7-4-8(14)10-9-5(7)2-1-3-6(9)11(15)17-12(10)16/h1-4H. The van der Waals surface area contributed by atoms with E-state index in [1.165, 1.54) is 0 Å². The summed E-state index contributed by atoms with van der Waals surface area (Å²) in [7, 11) is 0. The smallest absolute Gasteiger partial charge is 0.347 e. The Morgan fingerprint density at radius 1 is 1.00 bits per heavy atom. The number of ether oxygens (including phenoxy) is 1. The third-order valence-corrected chi connectivity index (χ3v) is 4.42. The molecule has 0 fully saturated rings. The van der Waals surface area contributed by atoms with Crippen molar-refractivity contribution in [1.29, 1.82) is 0 Å². The molecule has 0 aliphatic carbocycles. The molecule has 1 aliphatic heterocycles. The van der Waals surface area contributed by atoms with Gasteiger partial charge in [-0.05, 0) is 62.7 Å². The maximum atomic E-state index is 11.8. The van der Waals surface area contributed by atoms with Crippen LogP contribution in [0.1, 0.15) is 20.7 Å². The predicted octanol–water partition coefficient (Wildman–Crippen LogP) is 3.36. The molecule has 0 spiro atoms. The van der Waals surface area contributed by atoms with Crippen LogP contribution in [-0.2, 0) is 4.74 Å². The quantitative estimate of drug-likeness (QED) is 0.352. The van der Waals surface area contributed by atoms with Crippen molar-refractivity contribution >= 4 is 67.9 Å². The van der Waals surface area contributed by atoms with Crippen LogP contribution in [0.15, 0.2) is 24.3 Å². The second-order valence-corrected chi connectivity index (χ2v) is 5.94. The highest BCUT2D eigenvalue weighted by Gasteiger charge is 2.29. The van der Waals surface area contributed by atoms with Crippen LogP contribution < -0.4 is 0 Å². The van der Waals surface area contributed by atoms with Gasteiger partial charge in [-0.3, -0.25) is 0 Å². The molecule has 0 saturated carbocycles. The molecule has 0 amide bonds. The first-order chi connectivity index (χ1) is 8.09. The second-order valence-electron chi connectivity index (χ2n) is 3.62. The lowest BCUT2D eigenvalue weighted by atomic mass is 9.97. The van der Waals surface area contributed by atoms with Gasteiger partial charge in [0.25, 0.3) is 0 Å². The summed E-state index contributed by atoms with van der Waals surface area (Å²) in [5.41, 5.74) is 0.963. The molecule has 2 aromatic carbocycles. The maximum Gasteiger partial charge on any atom is 0.347 e. The number of hydrogen-bond acceptors (Lipinski definition) is 3. The maximum absolute atomic E-state index is 11.8. The van der Waals surface area contributed by atoms with Crippen molar-refractivity contribution in [1.82, 2.24) is 0 Å². The Kier molecular flexibility index (Phi) is 2.62. The highest BCUT2D eigenvalue weighted by Crippen LogP contribution is 2.34. The summed E-state index contributed by atoms with van der Waals surface area (Å²) in [5.74, 6) is -1.12. The largest absolute Gasteiger partial charge is 0.386 e. The summed E-state index contributed by atoms with van der Waals surface area (Å²) in [6.45, 7) is 0. The molecule has 17 heavy (non-hydrogen) atoms. The number of carbonyl (C=O) groups is 2. The van der Waals surface area contributed by atoms with Crippen molar-refractivity contribution in [3.05, 3.63) is 42.5 Å². The molecule has 5 heteroatoms. The monoisotopic (exact) mass is 450 g/mol. The van der Waals surface area contributed by atoms with Crippen LogP contribution in [-0.4, -0.2) is 11.9 Å². The highest BCUT2D eigenvalue weighted by atomic mass is 127. The van der Waals surface area contributed by atoms with Crippen LogP contribution >= 0.6 is 45.2 Å². The zero-order valence-corrected chi connectivity index (χ0v) is 12.6. The summed E-state index contributed by atoms with van der Waals surface area (Å²) in [4.78, 5) is 23.4.